The van der Waals surface area contributed by atoms with E-state index in [1.807, 2.05) is 29.0 Å². The van der Waals surface area contributed by atoms with Crippen molar-refractivity contribution in [2.75, 3.05) is 6.54 Å². The first-order valence-corrected chi connectivity index (χ1v) is 7.31. The molecule has 0 spiro atoms. The molecule has 2 N–H and O–H groups in total. The second-order valence-corrected chi connectivity index (χ2v) is 5.16. The lowest BCUT2D eigenvalue weighted by Crippen LogP contribution is -2.28. The van der Waals surface area contributed by atoms with Gasteiger partial charge in [-0.05, 0) is 40.1 Å². The highest BCUT2D eigenvalue weighted by Crippen LogP contribution is 2.15. The predicted molar refractivity (Wildman–Crippen MR) is 77.6 cm³/mol. The molecule has 5 heteroatoms. The van der Waals surface area contributed by atoms with Crippen LogP contribution in [-0.2, 0) is 5.88 Å². The zero-order chi connectivity index (χ0) is 13.7. The van der Waals surface area contributed by atoms with Crippen LogP contribution in [-0.4, -0.2) is 17.6 Å². The van der Waals surface area contributed by atoms with E-state index in [0.29, 0.717) is 11.4 Å². The second kappa shape index (κ2) is 6.70. The number of carbonyl (C=O) groups excluding carboxylic acids is 1. The van der Waals surface area contributed by atoms with Gasteiger partial charge in [0.2, 0.25) is 0 Å². The van der Waals surface area contributed by atoms with E-state index in [0.717, 1.165) is 11.1 Å². The first kappa shape index (κ1) is 14.1. The minimum atomic E-state index is -0.669. The standard InChI is InChI=1S/C14H14ClNO2S/c15-7-10-1-3-11(4-2-10)14(18)16-8-13(17)12-5-6-19-9-12/h1-6,9,13,17H,7-8H2,(H,16,18). The number of thiophene rings is 1. The van der Waals surface area contributed by atoms with E-state index in [1.165, 1.54) is 11.3 Å². The number of aliphatic hydroxyl groups is 1. The average Bonchev–Trinajstić information content (AvgIpc) is 2.98. The van der Waals surface area contributed by atoms with Gasteiger partial charge < -0.3 is 10.4 Å². The van der Waals surface area contributed by atoms with E-state index < -0.39 is 6.10 Å². The number of hydrogen-bond acceptors (Lipinski definition) is 3. The van der Waals surface area contributed by atoms with Crippen LogP contribution in [0.3, 0.4) is 0 Å². The van der Waals surface area contributed by atoms with Crippen LogP contribution < -0.4 is 5.32 Å². The van der Waals surface area contributed by atoms with Crippen LogP contribution >= 0.6 is 22.9 Å². The average molecular weight is 296 g/mol. The molecule has 100 valence electrons. The van der Waals surface area contributed by atoms with Crippen LogP contribution in [0.4, 0.5) is 0 Å². The maximum Gasteiger partial charge on any atom is 0.251 e. The van der Waals surface area contributed by atoms with Gasteiger partial charge in [0.1, 0.15) is 0 Å². The molecule has 0 aliphatic rings. The third kappa shape index (κ3) is 3.80. The number of nitrogens with one attached hydrogen (secondary N) is 1. The molecule has 1 heterocycles. The second-order valence-electron chi connectivity index (χ2n) is 4.11. The van der Waals surface area contributed by atoms with E-state index in [9.17, 15) is 9.90 Å². The number of benzene rings is 1. The van der Waals surface area contributed by atoms with Gasteiger partial charge in [-0.3, -0.25) is 4.79 Å². The Bertz CT molecular complexity index is 525. The van der Waals surface area contributed by atoms with Crippen LogP contribution in [0.15, 0.2) is 41.1 Å². The van der Waals surface area contributed by atoms with Gasteiger partial charge >= 0.3 is 0 Å². The molecule has 0 bridgehead atoms. The molecule has 2 aromatic rings. The molecule has 1 unspecified atom stereocenters. The maximum atomic E-state index is 11.9. The van der Waals surface area contributed by atoms with Crippen molar-refractivity contribution in [3.05, 3.63) is 57.8 Å². The van der Waals surface area contributed by atoms with E-state index in [2.05, 4.69) is 5.32 Å². The molecule has 1 atom stereocenters. The van der Waals surface area contributed by atoms with E-state index in [4.69, 9.17) is 11.6 Å². The Morgan fingerprint density at radius 1 is 1.32 bits per heavy atom. The molecule has 0 radical (unpaired) electrons. The third-order valence-corrected chi connectivity index (χ3v) is 3.76. The monoisotopic (exact) mass is 295 g/mol. The fourth-order valence-electron chi connectivity index (χ4n) is 1.62. The minimum absolute atomic E-state index is 0.199. The summed E-state index contributed by atoms with van der Waals surface area (Å²) in [7, 11) is 0. The minimum Gasteiger partial charge on any atom is -0.387 e. The molecule has 0 saturated heterocycles. The van der Waals surface area contributed by atoms with Crippen molar-refractivity contribution in [3.8, 4) is 0 Å². The molecule has 0 aliphatic carbocycles. The molecule has 1 aromatic carbocycles. The van der Waals surface area contributed by atoms with Gasteiger partial charge in [-0.1, -0.05) is 12.1 Å². The van der Waals surface area contributed by atoms with Gasteiger partial charge in [0, 0.05) is 18.0 Å². The van der Waals surface area contributed by atoms with Crippen LogP contribution in [0, 0.1) is 0 Å². The maximum absolute atomic E-state index is 11.9. The number of amides is 1. The summed E-state index contributed by atoms with van der Waals surface area (Å²) in [6.07, 6.45) is -0.669. The third-order valence-electron chi connectivity index (χ3n) is 2.75. The summed E-state index contributed by atoms with van der Waals surface area (Å²) >= 11 is 7.20. The van der Waals surface area contributed by atoms with Crippen molar-refractivity contribution in [2.24, 2.45) is 0 Å². The van der Waals surface area contributed by atoms with Crippen molar-refractivity contribution in [1.29, 1.82) is 0 Å². The number of rotatable bonds is 5. The van der Waals surface area contributed by atoms with Gasteiger partial charge in [-0.15, -0.1) is 11.6 Å². The highest BCUT2D eigenvalue weighted by molar-refractivity contribution is 7.07. The topological polar surface area (TPSA) is 49.3 Å². The fraction of sp³-hybridized carbons (Fsp3) is 0.214. The summed E-state index contributed by atoms with van der Waals surface area (Å²) in [5.74, 6) is 0.231. The number of aliphatic hydroxyl groups excluding tert-OH is 1. The van der Waals surface area contributed by atoms with E-state index in [1.54, 1.807) is 12.1 Å². The number of alkyl halides is 1. The van der Waals surface area contributed by atoms with Crippen molar-refractivity contribution in [2.45, 2.75) is 12.0 Å². The normalized spacial score (nSPS) is 12.1. The van der Waals surface area contributed by atoms with Crippen molar-refractivity contribution < 1.29 is 9.90 Å². The molecule has 0 saturated carbocycles. The first-order chi connectivity index (χ1) is 9.20. The van der Waals surface area contributed by atoms with Gasteiger partial charge in [0.25, 0.3) is 5.91 Å². The quantitative estimate of drug-likeness (QED) is 0.833. The highest BCUT2D eigenvalue weighted by atomic mass is 35.5. The van der Waals surface area contributed by atoms with Gasteiger partial charge in [0.05, 0.1) is 6.10 Å². The molecule has 3 nitrogen and oxygen atoms in total. The summed E-state index contributed by atoms with van der Waals surface area (Å²) in [5, 5.41) is 16.3. The Hall–Kier alpha value is -1.36. The summed E-state index contributed by atoms with van der Waals surface area (Å²) in [6, 6.07) is 8.93. The molecule has 19 heavy (non-hydrogen) atoms. The highest BCUT2D eigenvalue weighted by Gasteiger charge is 2.11. The number of halogens is 1. The molecular weight excluding hydrogens is 282 g/mol. The van der Waals surface area contributed by atoms with Gasteiger partial charge in [-0.2, -0.15) is 11.3 Å². The zero-order valence-electron chi connectivity index (χ0n) is 10.2. The summed E-state index contributed by atoms with van der Waals surface area (Å²) in [5.41, 5.74) is 2.35. The molecule has 1 amide bonds. The fourth-order valence-corrected chi connectivity index (χ4v) is 2.50. The predicted octanol–water partition coefficient (Wildman–Crippen LogP) is 2.95. The SMILES string of the molecule is O=C(NCC(O)c1ccsc1)c1ccc(CCl)cc1. The lowest BCUT2D eigenvalue weighted by molar-refractivity contribution is 0.0916. The first-order valence-electron chi connectivity index (χ1n) is 5.84. The molecule has 1 aromatic heterocycles. The molecule has 0 aliphatic heterocycles. The Kier molecular flexibility index (Phi) is 4.96. The Balaban J connectivity index is 1.90. The van der Waals surface area contributed by atoms with Gasteiger partial charge in [-0.25, -0.2) is 0 Å². The van der Waals surface area contributed by atoms with Crippen LogP contribution in [0.5, 0.6) is 0 Å². The van der Waals surface area contributed by atoms with Crippen molar-refractivity contribution in [3.63, 3.8) is 0 Å². The summed E-state index contributed by atoms with van der Waals surface area (Å²) in [6.45, 7) is 0.201. The number of carbonyl (C=O) groups is 1. The van der Waals surface area contributed by atoms with Crippen molar-refractivity contribution >= 4 is 28.8 Å². The number of hydrogen-bond donors (Lipinski definition) is 2. The largest absolute Gasteiger partial charge is 0.387 e. The van der Waals surface area contributed by atoms with Crippen LogP contribution in [0.25, 0.3) is 0 Å². The van der Waals surface area contributed by atoms with E-state index in [-0.39, 0.29) is 12.5 Å². The molecule has 2 rings (SSSR count). The molecular formula is C14H14ClNO2S. The summed E-state index contributed by atoms with van der Waals surface area (Å²) in [4.78, 5) is 11.9. The van der Waals surface area contributed by atoms with Crippen molar-refractivity contribution in [1.82, 2.24) is 5.32 Å². The Morgan fingerprint density at radius 2 is 2.05 bits per heavy atom. The summed E-state index contributed by atoms with van der Waals surface area (Å²) < 4.78 is 0. The Morgan fingerprint density at radius 3 is 2.63 bits per heavy atom. The Labute approximate surface area is 120 Å². The van der Waals surface area contributed by atoms with Crippen LogP contribution in [0.2, 0.25) is 0 Å². The van der Waals surface area contributed by atoms with E-state index >= 15 is 0 Å². The smallest absolute Gasteiger partial charge is 0.251 e. The van der Waals surface area contributed by atoms with Gasteiger partial charge in [0.15, 0.2) is 0 Å². The van der Waals surface area contributed by atoms with Crippen LogP contribution in [0.1, 0.15) is 27.6 Å². The lowest BCUT2D eigenvalue weighted by Gasteiger charge is -2.10. The lowest BCUT2D eigenvalue weighted by atomic mass is 10.1. The zero-order valence-corrected chi connectivity index (χ0v) is 11.7. The molecule has 0 fully saturated rings.